The van der Waals surface area contributed by atoms with Gasteiger partial charge in [0.15, 0.2) is 0 Å². The number of carbonyl (C=O) groups is 2. The second-order valence-electron chi connectivity index (χ2n) is 6.30. The third kappa shape index (κ3) is 14.0. The van der Waals surface area contributed by atoms with E-state index >= 15 is 0 Å². The Morgan fingerprint density at radius 2 is 1.30 bits per heavy atom. The Bertz CT molecular complexity index is 317. The second kappa shape index (κ2) is 16.8. The Labute approximate surface area is 166 Å². The average Bonchev–Trinajstić information content (AvgIpc) is 2.50. The normalized spacial score (nSPS) is 11.6. The average molecular weight is 337 g/mol. The maximum atomic E-state index is 11.8. The molecule has 1 unspecified atom stereocenters. The second-order valence-corrected chi connectivity index (χ2v) is 6.30. The van der Waals surface area contributed by atoms with Crippen molar-refractivity contribution in [3.63, 3.8) is 0 Å². The number of unbranched alkanes of at least 4 members (excludes halogenated alkanes) is 10. The van der Waals surface area contributed by atoms with E-state index in [0.29, 0.717) is 6.42 Å². The van der Waals surface area contributed by atoms with Crippen molar-refractivity contribution in [2.24, 2.45) is 0 Å². The van der Waals surface area contributed by atoms with Crippen LogP contribution in [-0.4, -0.2) is 35.0 Å². The first-order valence-electron chi connectivity index (χ1n) is 8.99. The molecule has 0 fully saturated rings. The molecule has 0 aliphatic heterocycles. The Morgan fingerprint density at radius 3 is 1.70 bits per heavy atom. The van der Waals surface area contributed by atoms with Crippen molar-refractivity contribution in [1.29, 1.82) is 0 Å². The van der Waals surface area contributed by atoms with Gasteiger partial charge in [-0.25, -0.2) is 4.79 Å². The number of nitrogens with zero attached hydrogens (tertiary/aromatic N) is 1. The van der Waals surface area contributed by atoms with Gasteiger partial charge in [-0.1, -0.05) is 71.1 Å². The Kier molecular flexibility index (Phi) is 18.4. The van der Waals surface area contributed by atoms with Crippen LogP contribution in [0, 0.1) is 0 Å². The monoisotopic (exact) mass is 337 g/mol. The number of aliphatic carboxylic acids is 1. The van der Waals surface area contributed by atoms with Gasteiger partial charge >= 0.3 is 35.5 Å². The molecule has 4 nitrogen and oxygen atoms in total. The molecule has 5 heteroatoms. The Hall–Kier alpha value is -0.0600. The standard InChI is InChI=1S/C18H35NO3.Na.H/c1-4-5-6-7-8-9-10-11-12-13-14-15-17(20)19(3)16(2)18(21)22;;/h16H,4-15H2,1-3H3,(H,21,22);;/q;+1;-1. The molecule has 0 heterocycles. The van der Waals surface area contributed by atoms with Gasteiger partial charge in [-0.3, -0.25) is 4.79 Å². The molecule has 0 aromatic rings. The van der Waals surface area contributed by atoms with Crippen LogP contribution in [0.25, 0.3) is 0 Å². The molecule has 132 valence electrons. The van der Waals surface area contributed by atoms with Crippen molar-refractivity contribution < 1.29 is 45.7 Å². The molecule has 23 heavy (non-hydrogen) atoms. The Morgan fingerprint density at radius 1 is 0.913 bits per heavy atom. The van der Waals surface area contributed by atoms with Crippen molar-refractivity contribution in [3.8, 4) is 0 Å². The van der Waals surface area contributed by atoms with Crippen LogP contribution in [-0.2, 0) is 9.59 Å². The third-order valence-electron chi connectivity index (χ3n) is 4.33. The summed E-state index contributed by atoms with van der Waals surface area (Å²) in [6, 6.07) is -0.736. The Balaban J connectivity index is -0.00000220. The molecule has 0 aromatic heterocycles. The minimum Gasteiger partial charge on any atom is -1.00 e. The van der Waals surface area contributed by atoms with Gasteiger partial charge in [0.1, 0.15) is 6.04 Å². The predicted octanol–water partition coefficient (Wildman–Crippen LogP) is 1.74. The minimum absolute atomic E-state index is 0. The van der Waals surface area contributed by atoms with E-state index in [4.69, 9.17) is 5.11 Å². The van der Waals surface area contributed by atoms with Gasteiger partial charge < -0.3 is 11.4 Å². The molecule has 0 aliphatic carbocycles. The molecule has 0 radical (unpaired) electrons. The van der Waals surface area contributed by atoms with E-state index in [1.807, 2.05) is 0 Å². The van der Waals surface area contributed by atoms with E-state index in [1.165, 1.54) is 62.7 Å². The van der Waals surface area contributed by atoms with Gasteiger partial charge in [-0.05, 0) is 13.3 Å². The number of amides is 1. The fourth-order valence-corrected chi connectivity index (χ4v) is 2.50. The van der Waals surface area contributed by atoms with Crippen LogP contribution in [0.2, 0.25) is 0 Å². The molecule has 0 rings (SSSR count). The van der Waals surface area contributed by atoms with Crippen LogP contribution >= 0.6 is 0 Å². The summed E-state index contributed by atoms with van der Waals surface area (Å²) in [4.78, 5) is 24.0. The zero-order chi connectivity index (χ0) is 16.8. The van der Waals surface area contributed by atoms with Crippen LogP contribution in [0.15, 0.2) is 0 Å². The van der Waals surface area contributed by atoms with Crippen molar-refractivity contribution in [2.45, 2.75) is 96.9 Å². The summed E-state index contributed by atoms with van der Waals surface area (Å²) in [5.41, 5.74) is 0. The zero-order valence-electron chi connectivity index (χ0n) is 16.8. The van der Waals surface area contributed by atoms with Gasteiger partial charge in [0, 0.05) is 13.5 Å². The molecular weight excluding hydrogens is 301 g/mol. The molecule has 1 amide bonds. The van der Waals surface area contributed by atoms with E-state index in [2.05, 4.69) is 6.92 Å². The number of hydrogen-bond acceptors (Lipinski definition) is 2. The molecule has 0 aromatic carbocycles. The van der Waals surface area contributed by atoms with Crippen LogP contribution in [0.1, 0.15) is 92.3 Å². The van der Waals surface area contributed by atoms with Crippen LogP contribution in [0.5, 0.6) is 0 Å². The predicted molar refractivity (Wildman–Crippen MR) is 92.1 cm³/mol. The van der Waals surface area contributed by atoms with E-state index in [-0.39, 0.29) is 36.9 Å². The summed E-state index contributed by atoms with van der Waals surface area (Å²) < 4.78 is 0. The summed E-state index contributed by atoms with van der Waals surface area (Å²) in [5.74, 6) is -1.01. The summed E-state index contributed by atoms with van der Waals surface area (Å²) >= 11 is 0. The van der Waals surface area contributed by atoms with E-state index < -0.39 is 12.0 Å². The smallest absolute Gasteiger partial charge is 1.00 e. The number of carboxylic acids is 1. The fourth-order valence-electron chi connectivity index (χ4n) is 2.50. The molecular formula is C18H36NNaO3. The topological polar surface area (TPSA) is 57.6 Å². The van der Waals surface area contributed by atoms with Crippen LogP contribution < -0.4 is 29.6 Å². The molecule has 1 N–H and O–H groups in total. The van der Waals surface area contributed by atoms with E-state index in [0.717, 1.165) is 12.8 Å². The van der Waals surface area contributed by atoms with Gasteiger partial charge in [0.25, 0.3) is 0 Å². The number of carbonyl (C=O) groups excluding carboxylic acids is 1. The maximum absolute atomic E-state index is 11.8. The molecule has 0 bridgehead atoms. The van der Waals surface area contributed by atoms with Crippen molar-refractivity contribution in [3.05, 3.63) is 0 Å². The first-order chi connectivity index (χ1) is 10.5. The maximum Gasteiger partial charge on any atom is 1.00 e. The number of carboxylic acid groups (broad SMARTS) is 1. The third-order valence-corrected chi connectivity index (χ3v) is 4.33. The van der Waals surface area contributed by atoms with Crippen molar-refractivity contribution in [1.82, 2.24) is 4.90 Å². The molecule has 0 spiro atoms. The van der Waals surface area contributed by atoms with Crippen LogP contribution in [0.3, 0.4) is 0 Å². The molecule has 0 saturated heterocycles. The number of likely N-dealkylation sites (N-methyl/N-ethyl adjacent to an activating group) is 1. The quantitative estimate of drug-likeness (QED) is 0.388. The molecule has 0 saturated carbocycles. The zero-order valence-corrected chi connectivity index (χ0v) is 17.8. The van der Waals surface area contributed by atoms with Gasteiger partial charge in [-0.2, -0.15) is 0 Å². The minimum atomic E-state index is -0.949. The summed E-state index contributed by atoms with van der Waals surface area (Å²) in [5, 5.41) is 8.87. The van der Waals surface area contributed by atoms with Crippen molar-refractivity contribution >= 4 is 11.9 Å². The first-order valence-corrected chi connectivity index (χ1v) is 8.99. The van der Waals surface area contributed by atoms with Crippen molar-refractivity contribution in [2.75, 3.05) is 7.05 Å². The largest absolute Gasteiger partial charge is 1.00 e. The number of rotatable bonds is 14. The number of hydrogen-bond donors (Lipinski definition) is 1. The first kappa shape index (κ1) is 25.2. The van der Waals surface area contributed by atoms with E-state index in [1.54, 1.807) is 14.0 Å². The van der Waals surface area contributed by atoms with Gasteiger partial charge in [0.2, 0.25) is 5.91 Å². The SMILES string of the molecule is CCCCCCCCCCCCCC(=O)N(C)C(C)C(=O)O.[H-].[Na+]. The fraction of sp³-hybridized carbons (Fsp3) is 0.889. The summed E-state index contributed by atoms with van der Waals surface area (Å²) in [7, 11) is 1.57. The molecule has 1 atom stereocenters. The van der Waals surface area contributed by atoms with Crippen LogP contribution in [0.4, 0.5) is 0 Å². The van der Waals surface area contributed by atoms with E-state index in [9.17, 15) is 9.59 Å². The van der Waals surface area contributed by atoms with Gasteiger partial charge in [-0.15, -0.1) is 0 Å². The summed E-state index contributed by atoms with van der Waals surface area (Å²) in [6.07, 6.45) is 14.2. The van der Waals surface area contributed by atoms with Gasteiger partial charge in [0.05, 0.1) is 0 Å². The summed E-state index contributed by atoms with van der Waals surface area (Å²) in [6.45, 7) is 3.78. The molecule has 0 aliphatic rings.